The van der Waals surface area contributed by atoms with Crippen LogP contribution in [0, 0.1) is 0 Å². The van der Waals surface area contributed by atoms with Gasteiger partial charge in [-0.15, -0.1) is 0 Å². The highest BCUT2D eigenvalue weighted by atomic mass is 79.9. The third-order valence-electron chi connectivity index (χ3n) is 3.81. The summed E-state index contributed by atoms with van der Waals surface area (Å²) in [6, 6.07) is 5.89. The standard InChI is InChI=1S/C16H19BrClN3O/c17-14-10-13(11-15(18)12-14)16-19-2-5-21(16)4-1-3-20-6-8-22-9-7-20/h2,5,10-12H,1,3-4,6-9H2. The van der Waals surface area contributed by atoms with Crippen molar-refractivity contribution in [3.05, 3.63) is 40.1 Å². The summed E-state index contributed by atoms with van der Waals surface area (Å²) in [5, 5.41) is 0.715. The van der Waals surface area contributed by atoms with Crippen LogP contribution in [0.5, 0.6) is 0 Å². The molecule has 0 aliphatic carbocycles. The fourth-order valence-electron chi connectivity index (χ4n) is 2.72. The third-order valence-corrected chi connectivity index (χ3v) is 4.49. The van der Waals surface area contributed by atoms with Crippen molar-refractivity contribution in [1.29, 1.82) is 0 Å². The van der Waals surface area contributed by atoms with Crippen molar-refractivity contribution in [2.45, 2.75) is 13.0 Å². The number of aryl methyl sites for hydroxylation is 1. The van der Waals surface area contributed by atoms with E-state index in [0.717, 1.165) is 61.7 Å². The summed E-state index contributed by atoms with van der Waals surface area (Å²) in [5.74, 6) is 0.963. The predicted molar refractivity (Wildman–Crippen MR) is 92.2 cm³/mol. The zero-order valence-corrected chi connectivity index (χ0v) is 14.7. The van der Waals surface area contributed by atoms with E-state index in [1.165, 1.54) is 0 Å². The first kappa shape index (κ1) is 16.0. The fraction of sp³-hybridized carbons (Fsp3) is 0.438. The summed E-state index contributed by atoms with van der Waals surface area (Å²) in [6.07, 6.45) is 4.98. The lowest BCUT2D eigenvalue weighted by Crippen LogP contribution is -2.37. The monoisotopic (exact) mass is 383 g/mol. The summed E-state index contributed by atoms with van der Waals surface area (Å²) in [7, 11) is 0. The van der Waals surface area contributed by atoms with Gasteiger partial charge < -0.3 is 9.30 Å². The fourth-order valence-corrected chi connectivity index (χ4v) is 3.58. The van der Waals surface area contributed by atoms with Gasteiger partial charge in [-0.3, -0.25) is 4.90 Å². The van der Waals surface area contributed by atoms with Gasteiger partial charge in [0, 0.05) is 53.6 Å². The molecule has 1 aliphatic rings. The van der Waals surface area contributed by atoms with Crippen molar-refractivity contribution in [2.75, 3.05) is 32.8 Å². The topological polar surface area (TPSA) is 30.3 Å². The highest BCUT2D eigenvalue weighted by molar-refractivity contribution is 9.10. The molecule has 6 heteroatoms. The number of imidazole rings is 1. The Morgan fingerprint density at radius 1 is 1.18 bits per heavy atom. The summed E-state index contributed by atoms with van der Waals surface area (Å²) >= 11 is 9.63. The van der Waals surface area contributed by atoms with Crippen LogP contribution in [0.15, 0.2) is 35.1 Å². The molecule has 0 bridgehead atoms. The number of hydrogen-bond donors (Lipinski definition) is 0. The second kappa shape index (κ2) is 7.59. The molecule has 1 fully saturated rings. The van der Waals surface area contributed by atoms with Gasteiger partial charge in [0.2, 0.25) is 0 Å². The van der Waals surface area contributed by atoms with Crippen LogP contribution in [0.3, 0.4) is 0 Å². The van der Waals surface area contributed by atoms with Crippen LogP contribution >= 0.6 is 27.5 Å². The summed E-state index contributed by atoms with van der Waals surface area (Å²) in [4.78, 5) is 6.94. The Hall–Kier alpha value is -0.880. The van der Waals surface area contributed by atoms with Gasteiger partial charge in [-0.2, -0.15) is 0 Å². The predicted octanol–water partition coefficient (Wildman–Crippen LogP) is 3.69. The number of halogens is 2. The van der Waals surface area contributed by atoms with Crippen molar-refractivity contribution in [3.8, 4) is 11.4 Å². The Morgan fingerprint density at radius 3 is 2.77 bits per heavy atom. The van der Waals surface area contributed by atoms with Gasteiger partial charge in [-0.25, -0.2) is 4.98 Å². The molecule has 1 aliphatic heterocycles. The van der Waals surface area contributed by atoms with E-state index in [2.05, 4.69) is 30.4 Å². The van der Waals surface area contributed by atoms with E-state index in [0.29, 0.717) is 5.02 Å². The van der Waals surface area contributed by atoms with Crippen molar-refractivity contribution >= 4 is 27.5 Å². The lowest BCUT2D eigenvalue weighted by Gasteiger charge is -2.26. The average molecular weight is 385 g/mol. The largest absolute Gasteiger partial charge is 0.379 e. The number of ether oxygens (including phenoxy) is 1. The van der Waals surface area contributed by atoms with Crippen molar-refractivity contribution in [1.82, 2.24) is 14.5 Å². The highest BCUT2D eigenvalue weighted by Gasteiger charge is 2.11. The lowest BCUT2D eigenvalue weighted by atomic mass is 10.2. The van der Waals surface area contributed by atoms with E-state index in [4.69, 9.17) is 16.3 Å². The van der Waals surface area contributed by atoms with Crippen molar-refractivity contribution in [3.63, 3.8) is 0 Å². The summed E-state index contributed by atoms with van der Waals surface area (Å²) in [6.45, 7) is 5.84. The molecule has 0 radical (unpaired) electrons. The molecule has 2 aromatic rings. The number of morpholine rings is 1. The maximum atomic E-state index is 6.14. The van der Waals surface area contributed by atoms with Crippen LogP contribution in [0.4, 0.5) is 0 Å². The molecule has 0 N–H and O–H groups in total. The second-order valence-electron chi connectivity index (χ2n) is 5.41. The number of rotatable bonds is 5. The van der Waals surface area contributed by atoms with Crippen LogP contribution in [0.25, 0.3) is 11.4 Å². The van der Waals surface area contributed by atoms with E-state index in [1.807, 2.05) is 30.6 Å². The molecule has 2 heterocycles. The average Bonchev–Trinajstić information content (AvgIpc) is 2.96. The van der Waals surface area contributed by atoms with Gasteiger partial charge in [-0.1, -0.05) is 27.5 Å². The smallest absolute Gasteiger partial charge is 0.139 e. The zero-order chi connectivity index (χ0) is 15.4. The molecule has 118 valence electrons. The first-order valence-electron chi connectivity index (χ1n) is 7.50. The van der Waals surface area contributed by atoms with E-state index in [-0.39, 0.29) is 0 Å². The van der Waals surface area contributed by atoms with Gasteiger partial charge >= 0.3 is 0 Å². The van der Waals surface area contributed by atoms with Crippen LogP contribution in [-0.2, 0) is 11.3 Å². The maximum absolute atomic E-state index is 6.14. The molecule has 1 saturated heterocycles. The Balaban J connectivity index is 1.64. The Labute approximate surface area is 144 Å². The molecule has 4 nitrogen and oxygen atoms in total. The highest BCUT2D eigenvalue weighted by Crippen LogP contribution is 2.26. The Bertz CT molecular complexity index is 605. The molecule has 1 aromatic heterocycles. The van der Waals surface area contributed by atoms with Crippen LogP contribution in [-0.4, -0.2) is 47.3 Å². The molecule has 0 atom stereocenters. The third kappa shape index (κ3) is 4.10. The van der Waals surface area contributed by atoms with Gasteiger partial charge in [-0.05, 0) is 24.6 Å². The number of benzene rings is 1. The molecule has 0 unspecified atom stereocenters. The van der Waals surface area contributed by atoms with E-state index < -0.39 is 0 Å². The SMILES string of the molecule is Clc1cc(Br)cc(-c2nccn2CCCN2CCOCC2)c1. The van der Waals surface area contributed by atoms with E-state index >= 15 is 0 Å². The molecular weight excluding hydrogens is 366 g/mol. The summed E-state index contributed by atoms with van der Waals surface area (Å²) < 4.78 is 8.54. The molecule has 0 saturated carbocycles. The normalized spacial score (nSPS) is 16.1. The molecule has 3 rings (SSSR count). The van der Waals surface area contributed by atoms with Gasteiger partial charge in [0.25, 0.3) is 0 Å². The molecule has 22 heavy (non-hydrogen) atoms. The van der Waals surface area contributed by atoms with E-state index in [9.17, 15) is 0 Å². The zero-order valence-electron chi connectivity index (χ0n) is 12.3. The molecule has 0 amide bonds. The molecule has 0 spiro atoms. The van der Waals surface area contributed by atoms with E-state index in [1.54, 1.807) is 0 Å². The molecular formula is C16H19BrClN3O. The van der Waals surface area contributed by atoms with Crippen LogP contribution < -0.4 is 0 Å². The van der Waals surface area contributed by atoms with Crippen molar-refractivity contribution in [2.24, 2.45) is 0 Å². The first-order chi connectivity index (χ1) is 10.7. The Kier molecular flexibility index (Phi) is 5.52. The second-order valence-corrected chi connectivity index (χ2v) is 6.76. The quantitative estimate of drug-likeness (QED) is 0.787. The van der Waals surface area contributed by atoms with Crippen LogP contribution in [0.2, 0.25) is 5.02 Å². The van der Waals surface area contributed by atoms with Crippen molar-refractivity contribution < 1.29 is 4.74 Å². The lowest BCUT2D eigenvalue weighted by molar-refractivity contribution is 0.0369. The minimum Gasteiger partial charge on any atom is -0.379 e. The van der Waals surface area contributed by atoms with Gasteiger partial charge in [0.15, 0.2) is 0 Å². The minimum absolute atomic E-state index is 0.715. The number of aromatic nitrogens is 2. The maximum Gasteiger partial charge on any atom is 0.139 e. The molecule has 1 aromatic carbocycles. The van der Waals surface area contributed by atoms with Crippen LogP contribution in [0.1, 0.15) is 6.42 Å². The number of nitrogens with zero attached hydrogens (tertiary/aromatic N) is 3. The van der Waals surface area contributed by atoms with Gasteiger partial charge in [0.05, 0.1) is 13.2 Å². The van der Waals surface area contributed by atoms with Gasteiger partial charge in [0.1, 0.15) is 5.82 Å². The Morgan fingerprint density at radius 2 is 2.00 bits per heavy atom. The minimum atomic E-state index is 0.715. The first-order valence-corrected chi connectivity index (χ1v) is 8.67. The summed E-state index contributed by atoms with van der Waals surface area (Å²) in [5.41, 5.74) is 1.04. The number of hydrogen-bond acceptors (Lipinski definition) is 3.